The Labute approximate surface area is 112 Å². The van der Waals surface area contributed by atoms with Crippen LogP contribution in [0.3, 0.4) is 0 Å². The van der Waals surface area contributed by atoms with Crippen molar-refractivity contribution in [1.82, 2.24) is 0 Å². The molecule has 3 rings (SSSR count). The van der Waals surface area contributed by atoms with E-state index in [9.17, 15) is 22.8 Å². The van der Waals surface area contributed by atoms with E-state index < -0.39 is 29.0 Å². The Balaban J connectivity index is 1.86. The molecule has 2 aliphatic carbocycles. The van der Waals surface area contributed by atoms with Crippen molar-refractivity contribution >= 4 is 12.1 Å². The van der Waals surface area contributed by atoms with E-state index in [1.54, 1.807) is 6.08 Å². The first-order valence-corrected chi connectivity index (χ1v) is 6.29. The van der Waals surface area contributed by atoms with Crippen LogP contribution in [0.15, 0.2) is 21.8 Å². The number of amidine groups is 1. The first kappa shape index (κ1) is 13.3. The van der Waals surface area contributed by atoms with E-state index in [2.05, 4.69) is 16.1 Å². The fraction of sp³-hybridized carbons (Fsp3) is 0.615. The van der Waals surface area contributed by atoms with Gasteiger partial charge in [0.1, 0.15) is 0 Å². The van der Waals surface area contributed by atoms with E-state index >= 15 is 0 Å². The molecule has 1 atom stereocenters. The van der Waals surface area contributed by atoms with Crippen LogP contribution in [0.25, 0.3) is 0 Å². The standard InChI is InChI=1S/C13H11F4N3/c14-9(15)10-19-7-12(5-8(12)20-10)11(6-18)1-3-13(16,17)4-2-11/h5,7,9H,1-4H2. The maximum atomic E-state index is 13.3. The topological polar surface area (TPSA) is 48.5 Å². The molecule has 0 bridgehead atoms. The van der Waals surface area contributed by atoms with Gasteiger partial charge in [-0.15, -0.1) is 0 Å². The predicted molar refractivity (Wildman–Crippen MR) is 63.9 cm³/mol. The Morgan fingerprint density at radius 3 is 2.35 bits per heavy atom. The van der Waals surface area contributed by atoms with Crippen molar-refractivity contribution in [3.05, 3.63) is 11.8 Å². The number of alkyl halides is 4. The highest BCUT2D eigenvalue weighted by molar-refractivity contribution is 6.01. The number of nitriles is 1. The van der Waals surface area contributed by atoms with Gasteiger partial charge in [-0.05, 0) is 18.9 Å². The molecule has 1 heterocycles. The van der Waals surface area contributed by atoms with Crippen LogP contribution < -0.4 is 0 Å². The summed E-state index contributed by atoms with van der Waals surface area (Å²) in [6, 6.07) is 2.12. The summed E-state index contributed by atoms with van der Waals surface area (Å²) in [5.41, 5.74) is -1.60. The third kappa shape index (κ3) is 1.70. The fourth-order valence-electron chi connectivity index (χ4n) is 3.00. The van der Waals surface area contributed by atoms with Gasteiger partial charge in [0, 0.05) is 19.1 Å². The lowest BCUT2D eigenvalue weighted by molar-refractivity contribution is -0.0623. The van der Waals surface area contributed by atoms with Gasteiger partial charge in [0.15, 0.2) is 5.84 Å². The second kappa shape index (κ2) is 3.90. The van der Waals surface area contributed by atoms with Crippen molar-refractivity contribution in [1.29, 1.82) is 5.26 Å². The molecule has 20 heavy (non-hydrogen) atoms. The highest BCUT2D eigenvalue weighted by atomic mass is 19.3. The van der Waals surface area contributed by atoms with Crippen LogP contribution in [0.4, 0.5) is 17.6 Å². The number of aliphatic imine (C=N–C) groups is 2. The lowest BCUT2D eigenvalue weighted by atomic mass is 9.62. The molecule has 0 radical (unpaired) electrons. The van der Waals surface area contributed by atoms with Crippen molar-refractivity contribution in [2.45, 2.75) is 38.0 Å². The average Bonchev–Trinajstić information content (AvgIpc) is 3.14. The first-order chi connectivity index (χ1) is 9.34. The molecule has 0 amide bonds. The summed E-state index contributed by atoms with van der Waals surface area (Å²) in [5, 5.41) is 9.44. The van der Waals surface area contributed by atoms with Crippen molar-refractivity contribution in [3.63, 3.8) is 0 Å². The minimum Gasteiger partial charge on any atom is -0.239 e. The van der Waals surface area contributed by atoms with E-state index in [-0.39, 0.29) is 25.7 Å². The normalized spacial score (nSPS) is 33.0. The molecular formula is C13H11F4N3. The molecule has 3 nitrogen and oxygen atoms in total. The van der Waals surface area contributed by atoms with Gasteiger partial charge >= 0.3 is 0 Å². The molecule has 1 saturated carbocycles. The summed E-state index contributed by atoms with van der Waals surface area (Å²) in [5.74, 6) is -3.34. The number of nitrogens with zero attached hydrogens (tertiary/aromatic N) is 3. The van der Waals surface area contributed by atoms with Crippen molar-refractivity contribution in [2.24, 2.45) is 20.8 Å². The van der Waals surface area contributed by atoms with Crippen LogP contribution in [0.1, 0.15) is 25.7 Å². The Bertz CT molecular complexity index is 575. The van der Waals surface area contributed by atoms with Crippen LogP contribution in [0.2, 0.25) is 0 Å². The summed E-state index contributed by atoms with van der Waals surface area (Å²) >= 11 is 0. The minimum absolute atomic E-state index is 0.0159. The molecule has 0 spiro atoms. The highest BCUT2D eigenvalue weighted by Crippen LogP contribution is 2.64. The number of hydrogen-bond donors (Lipinski definition) is 0. The van der Waals surface area contributed by atoms with Gasteiger partial charge in [0.05, 0.1) is 22.6 Å². The van der Waals surface area contributed by atoms with Crippen molar-refractivity contribution < 1.29 is 17.6 Å². The maximum Gasteiger partial charge on any atom is 0.297 e. The van der Waals surface area contributed by atoms with Crippen molar-refractivity contribution in [3.8, 4) is 6.07 Å². The maximum absolute atomic E-state index is 13.3. The zero-order valence-electron chi connectivity index (χ0n) is 10.4. The third-order valence-electron chi connectivity index (χ3n) is 4.38. The lowest BCUT2D eigenvalue weighted by Gasteiger charge is -2.40. The quantitative estimate of drug-likeness (QED) is 0.718. The zero-order valence-corrected chi connectivity index (χ0v) is 10.4. The molecule has 0 aromatic carbocycles. The summed E-state index contributed by atoms with van der Waals surface area (Å²) in [6.45, 7) is 0. The molecule has 0 saturated heterocycles. The van der Waals surface area contributed by atoms with Gasteiger partial charge < -0.3 is 0 Å². The largest absolute Gasteiger partial charge is 0.297 e. The van der Waals surface area contributed by atoms with Gasteiger partial charge in [-0.25, -0.2) is 27.5 Å². The second-order valence-electron chi connectivity index (χ2n) is 5.48. The van der Waals surface area contributed by atoms with Gasteiger partial charge in [0.25, 0.3) is 6.43 Å². The molecule has 0 N–H and O–H groups in total. The molecule has 1 fully saturated rings. The highest BCUT2D eigenvalue weighted by Gasteiger charge is 2.63. The van der Waals surface area contributed by atoms with Crippen LogP contribution in [-0.4, -0.2) is 24.4 Å². The predicted octanol–water partition coefficient (Wildman–Crippen LogP) is 3.34. The Morgan fingerprint density at radius 2 is 1.85 bits per heavy atom. The average molecular weight is 285 g/mol. The number of allylic oxidation sites excluding steroid dienone is 2. The summed E-state index contributed by atoms with van der Waals surface area (Å²) in [4.78, 5) is 7.34. The number of rotatable bonds is 2. The molecule has 1 aliphatic heterocycles. The van der Waals surface area contributed by atoms with Crippen molar-refractivity contribution in [2.75, 3.05) is 0 Å². The van der Waals surface area contributed by atoms with Gasteiger partial charge in [-0.3, -0.25) is 0 Å². The van der Waals surface area contributed by atoms with E-state index in [4.69, 9.17) is 0 Å². The van der Waals surface area contributed by atoms with E-state index in [0.717, 1.165) is 0 Å². The van der Waals surface area contributed by atoms with Crippen LogP contribution in [0, 0.1) is 22.2 Å². The summed E-state index contributed by atoms with van der Waals surface area (Å²) < 4.78 is 51.6. The molecule has 0 aromatic heterocycles. The Kier molecular flexibility index (Phi) is 2.59. The third-order valence-corrected chi connectivity index (χ3v) is 4.38. The summed E-state index contributed by atoms with van der Waals surface area (Å²) in [6.07, 6.45) is -0.628. The second-order valence-corrected chi connectivity index (χ2v) is 5.48. The molecule has 0 aromatic rings. The smallest absolute Gasteiger partial charge is 0.239 e. The van der Waals surface area contributed by atoms with Gasteiger partial charge in [-0.2, -0.15) is 5.26 Å². The lowest BCUT2D eigenvalue weighted by Crippen LogP contribution is -2.42. The van der Waals surface area contributed by atoms with Crippen LogP contribution in [-0.2, 0) is 0 Å². The molecule has 106 valence electrons. The molecular weight excluding hydrogens is 274 g/mol. The van der Waals surface area contributed by atoms with E-state index in [0.29, 0.717) is 5.70 Å². The number of hydrogen-bond acceptors (Lipinski definition) is 3. The minimum atomic E-state index is -2.78. The number of fused-ring (bicyclic) bond motifs is 1. The SMILES string of the molecule is N#CC1(C23C=NC(C(F)F)=NC2=C3)CCC(F)(F)CC1. The Morgan fingerprint density at radius 1 is 1.20 bits per heavy atom. The monoisotopic (exact) mass is 285 g/mol. The number of halogens is 4. The molecule has 1 unspecified atom stereocenters. The Hall–Kier alpha value is -1.71. The van der Waals surface area contributed by atoms with Gasteiger partial charge in [0.2, 0.25) is 5.92 Å². The zero-order chi connectivity index (χ0) is 14.6. The van der Waals surface area contributed by atoms with E-state index in [1.807, 2.05) is 0 Å². The first-order valence-electron chi connectivity index (χ1n) is 6.29. The van der Waals surface area contributed by atoms with Crippen LogP contribution >= 0.6 is 0 Å². The molecule has 3 aliphatic rings. The molecule has 7 heteroatoms. The summed E-state index contributed by atoms with van der Waals surface area (Å²) in [7, 11) is 0. The van der Waals surface area contributed by atoms with Crippen LogP contribution in [0.5, 0.6) is 0 Å². The fourth-order valence-corrected chi connectivity index (χ4v) is 3.00. The van der Waals surface area contributed by atoms with Gasteiger partial charge in [-0.1, -0.05) is 0 Å². The van der Waals surface area contributed by atoms with E-state index in [1.165, 1.54) is 6.21 Å².